The third kappa shape index (κ3) is 3.77. The van der Waals surface area contributed by atoms with Crippen LogP contribution >= 0.6 is 0 Å². The molecule has 1 aliphatic rings. The molecular weight excluding hydrogens is 290 g/mol. The van der Waals surface area contributed by atoms with Gasteiger partial charge < -0.3 is 14.2 Å². The van der Waals surface area contributed by atoms with Gasteiger partial charge in [-0.3, -0.25) is 4.90 Å². The van der Waals surface area contributed by atoms with E-state index in [4.69, 9.17) is 14.2 Å². The van der Waals surface area contributed by atoms with E-state index >= 15 is 0 Å². The zero-order valence-corrected chi connectivity index (χ0v) is 13.7. The number of fused-ring (bicyclic) bond motifs is 1. The zero-order valence-electron chi connectivity index (χ0n) is 13.7. The van der Waals surface area contributed by atoms with E-state index in [1.807, 2.05) is 30.3 Å². The Hall–Kier alpha value is -2.20. The molecule has 3 rings (SSSR count). The summed E-state index contributed by atoms with van der Waals surface area (Å²) in [6.45, 7) is 3.59. The summed E-state index contributed by atoms with van der Waals surface area (Å²) in [5.41, 5.74) is 2.66. The molecule has 0 amide bonds. The fraction of sp³-hybridized carbons (Fsp3) is 0.368. The molecule has 0 bridgehead atoms. The van der Waals surface area contributed by atoms with Crippen molar-refractivity contribution in [1.29, 1.82) is 0 Å². The van der Waals surface area contributed by atoms with E-state index in [2.05, 4.69) is 17.0 Å². The van der Waals surface area contributed by atoms with Crippen molar-refractivity contribution in [3.8, 4) is 17.2 Å². The Kier molecular flexibility index (Phi) is 5.03. The molecule has 0 fully saturated rings. The highest BCUT2D eigenvalue weighted by Gasteiger charge is 2.19. The van der Waals surface area contributed by atoms with Gasteiger partial charge in [0.25, 0.3) is 0 Å². The molecule has 0 saturated heterocycles. The molecule has 122 valence electrons. The summed E-state index contributed by atoms with van der Waals surface area (Å²) in [7, 11) is 3.36. The average Bonchev–Trinajstić information content (AvgIpc) is 2.61. The van der Waals surface area contributed by atoms with Gasteiger partial charge in [-0.15, -0.1) is 0 Å². The minimum atomic E-state index is 0.701. The lowest BCUT2D eigenvalue weighted by Crippen LogP contribution is -2.33. The van der Waals surface area contributed by atoms with Crippen LogP contribution in [-0.2, 0) is 13.0 Å². The van der Waals surface area contributed by atoms with Gasteiger partial charge in [-0.1, -0.05) is 18.2 Å². The molecule has 0 unspecified atom stereocenters. The van der Waals surface area contributed by atoms with Crippen molar-refractivity contribution in [2.45, 2.75) is 13.0 Å². The third-order valence-corrected chi connectivity index (χ3v) is 4.22. The topological polar surface area (TPSA) is 30.9 Å². The Morgan fingerprint density at radius 3 is 2.35 bits per heavy atom. The number of rotatable bonds is 6. The summed E-state index contributed by atoms with van der Waals surface area (Å²) in [5.74, 6) is 2.54. The molecule has 0 N–H and O–H groups in total. The summed E-state index contributed by atoms with van der Waals surface area (Å²) >= 11 is 0. The molecule has 0 radical (unpaired) electrons. The minimum Gasteiger partial charge on any atom is -0.493 e. The number of benzene rings is 2. The summed E-state index contributed by atoms with van der Waals surface area (Å²) < 4.78 is 16.6. The zero-order chi connectivity index (χ0) is 16.1. The molecule has 0 spiro atoms. The van der Waals surface area contributed by atoms with Crippen molar-refractivity contribution >= 4 is 0 Å². The van der Waals surface area contributed by atoms with Crippen LogP contribution < -0.4 is 14.2 Å². The predicted molar refractivity (Wildman–Crippen MR) is 90.5 cm³/mol. The SMILES string of the molecule is COc1cc2c(cc1OC)CN(CCOc1ccccc1)CC2. The molecule has 0 aliphatic carbocycles. The molecule has 0 saturated carbocycles. The van der Waals surface area contributed by atoms with Crippen molar-refractivity contribution < 1.29 is 14.2 Å². The molecule has 1 heterocycles. The number of hydrogen-bond donors (Lipinski definition) is 0. The van der Waals surface area contributed by atoms with E-state index in [9.17, 15) is 0 Å². The van der Waals surface area contributed by atoms with Crippen molar-refractivity contribution in [2.75, 3.05) is 33.9 Å². The fourth-order valence-electron chi connectivity index (χ4n) is 2.94. The molecule has 23 heavy (non-hydrogen) atoms. The lowest BCUT2D eigenvalue weighted by atomic mass is 9.99. The van der Waals surface area contributed by atoms with Crippen LogP contribution in [0.5, 0.6) is 17.2 Å². The van der Waals surface area contributed by atoms with Gasteiger partial charge in [0.05, 0.1) is 14.2 Å². The normalized spacial score (nSPS) is 14.2. The van der Waals surface area contributed by atoms with Crippen molar-refractivity contribution in [1.82, 2.24) is 4.90 Å². The molecular formula is C19H23NO3. The van der Waals surface area contributed by atoms with Gasteiger partial charge >= 0.3 is 0 Å². The maximum absolute atomic E-state index is 5.79. The highest BCUT2D eigenvalue weighted by molar-refractivity contribution is 5.48. The third-order valence-electron chi connectivity index (χ3n) is 4.22. The first kappa shape index (κ1) is 15.7. The minimum absolute atomic E-state index is 0.701. The molecule has 0 aromatic heterocycles. The maximum Gasteiger partial charge on any atom is 0.161 e. The molecule has 2 aromatic carbocycles. The summed E-state index contributed by atoms with van der Waals surface area (Å²) in [5, 5.41) is 0. The quantitative estimate of drug-likeness (QED) is 0.820. The second-order valence-electron chi connectivity index (χ2n) is 5.66. The maximum atomic E-state index is 5.79. The first-order valence-corrected chi connectivity index (χ1v) is 7.94. The van der Waals surface area contributed by atoms with Crippen LogP contribution in [0, 0.1) is 0 Å². The highest BCUT2D eigenvalue weighted by Crippen LogP contribution is 2.33. The van der Waals surface area contributed by atoms with Crippen LogP contribution in [0.4, 0.5) is 0 Å². The van der Waals surface area contributed by atoms with Crippen LogP contribution in [0.3, 0.4) is 0 Å². The molecule has 4 heteroatoms. The molecule has 1 aliphatic heterocycles. The highest BCUT2D eigenvalue weighted by atomic mass is 16.5. The second kappa shape index (κ2) is 7.38. The summed E-state index contributed by atoms with van der Waals surface area (Å²) in [6.07, 6.45) is 1.03. The van der Waals surface area contributed by atoms with E-state index in [-0.39, 0.29) is 0 Å². The number of para-hydroxylation sites is 1. The van der Waals surface area contributed by atoms with Gasteiger partial charge in [0.1, 0.15) is 12.4 Å². The Labute approximate surface area is 137 Å². The van der Waals surface area contributed by atoms with Gasteiger partial charge in [-0.05, 0) is 41.8 Å². The number of nitrogens with zero attached hydrogens (tertiary/aromatic N) is 1. The summed E-state index contributed by atoms with van der Waals surface area (Å²) in [6, 6.07) is 14.2. The van der Waals surface area contributed by atoms with E-state index in [0.29, 0.717) is 6.61 Å². The summed E-state index contributed by atoms with van der Waals surface area (Å²) in [4.78, 5) is 2.41. The average molecular weight is 313 g/mol. The Balaban J connectivity index is 1.59. The Morgan fingerprint density at radius 1 is 0.957 bits per heavy atom. The van der Waals surface area contributed by atoms with Crippen molar-refractivity contribution in [3.63, 3.8) is 0 Å². The van der Waals surface area contributed by atoms with Crippen LogP contribution in [0.15, 0.2) is 42.5 Å². The number of methoxy groups -OCH3 is 2. The van der Waals surface area contributed by atoms with Crippen LogP contribution in [0.2, 0.25) is 0 Å². The monoisotopic (exact) mass is 313 g/mol. The van der Waals surface area contributed by atoms with E-state index < -0.39 is 0 Å². The van der Waals surface area contributed by atoms with Crippen molar-refractivity contribution in [2.24, 2.45) is 0 Å². The fourth-order valence-corrected chi connectivity index (χ4v) is 2.94. The van der Waals surface area contributed by atoms with E-state index in [1.54, 1.807) is 14.2 Å². The molecule has 4 nitrogen and oxygen atoms in total. The molecule has 2 aromatic rings. The van der Waals surface area contributed by atoms with Gasteiger partial charge in [0, 0.05) is 19.6 Å². The number of hydrogen-bond acceptors (Lipinski definition) is 4. The van der Waals surface area contributed by atoms with E-state index in [1.165, 1.54) is 11.1 Å². The second-order valence-corrected chi connectivity index (χ2v) is 5.66. The first-order chi connectivity index (χ1) is 11.3. The van der Waals surface area contributed by atoms with Gasteiger partial charge in [0.2, 0.25) is 0 Å². The smallest absolute Gasteiger partial charge is 0.161 e. The first-order valence-electron chi connectivity index (χ1n) is 7.94. The predicted octanol–water partition coefficient (Wildman–Crippen LogP) is 3.14. The Morgan fingerprint density at radius 2 is 1.65 bits per heavy atom. The van der Waals surface area contributed by atoms with E-state index in [0.717, 1.165) is 43.3 Å². The number of ether oxygens (including phenoxy) is 3. The lowest BCUT2D eigenvalue weighted by Gasteiger charge is -2.29. The van der Waals surface area contributed by atoms with Crippen LogP contribution in [-0.4, -0.2) is 38.8 Å². The van der Waals surface area contributed by atoms with Gasteiger partial charge in [0.15, 0.2) is 11.5 Å². The van der Waals surface area contributed by atoms with Crippen LogP contribution in [0.25, 0.3) is 0 Å². The lowest BCUT2D eigenvalue weighted by molar-refractivity contribution is 0.196. The Bertz CT molecular complexity index is 643. The van der Waals surface area contributed by atoms with Crippen molar-refractivity contribution in [3.05, 3.63) is 53.6 Å². The molecule has 0 atom stereocenters. The van der Waals surface area contributed by atoms with Gasteiger partial charge in [-0.2, -0.15) is 0 Å². The van der Waals surface area contributed by atoms with Gasteiger partial charge in [-0.25, -0.2) is 0 Å². The standard InChI is InChI=1S/C19H23NO3/c1-21-18-12-15-8-9-20(14-16(15)13-19(18)22-2)10-11-23-17-6-4-3-5-7-17/h3-7,12-13H,8-11,14H2,1-2H3. The largest absolute Gasteiger partial charge is 0.493 e. The van der Waals surface area contributed by atoms with Crippen LogP contribution in [0.1, 0.15) is 11.1 Å².